The Morgan fingerprint density at radius 3 is 2.55 bits per heavy atom. The van der Waals surface area contributed by atoms with Gasteiger partial charge in [0.15, 0.2) is 5.76 Å². The van der Waals surface area contributed by atoms with E-state index < -0.39 is 0 Å². The standard InChI is InChI=1S/C23H27N3O4S/c1-4-26(5-2)12-14-30-18-10-7-6-9-17(18)24-23(28)21-16(3)15-20(31-21)25-22(27)19-11-8-13-29-19/h6-11,13,15H,4-5,12,14H2,1-3H3,(H,24,28)(H,25,27). The fraction of sp³-hybridized carbons (Fsp3) is 0.304. The Morgan fingerprint density at radius 2 is 1.84 bits per heavy atom. The maximum absolute atomic E-state index is 12.9. The highest BCUT2D eigenvalue weighted by molar-refractivity contribution is 7.18. The SMILES string of the molecule is CCN(CC)CCOc1ccccc1NC(=O)c1sc(NC(=O)c2ccco2)cc1C. The minimum Gasteiger partial charge on any atom is -0.490 e. The normalized spacial score (nSPS) is 10.8. The number of hydrogen-bond acceptors (Lipinski definition) is 6. The van der Waals surface area contributed by atoms with Crippen LogP contribution in [0.1, 0.15) is 39.6 Å². The lowest BCUT2D eigenvalue weighted by atomic mass is 10.2. The van der Waals surface area contributed by atoms with Crippen LogP contribution in [0.2, 0.25) is 0 Å². The number of nitrogens with zero attached hydrogens (tertiary/aromatic N) is 1. The Bertz CT molecular complexity index is 1010. The monoisotopic (exact) mass is 441 g/mol. The van der Waals surface area contributed by atoms with E-state index in [-0.39, 0.29) is 17.6 Å². The van der Waals surface area contributed by atoms with Crippen LogP contribution in [0.3, 0.4) is 0 Å². The number of rotatable bonds is 10. The Hall–Kier alpha value is -3.10. The molecule has 164 valence electrons. The van der Waals surface area contributed by atoms with Crippen LogP contribution < -0.4 is 15.4 Å². The van der Waals surface area contributed by atoms with Gasteiger partial charge in [-0.15, -0.1) is 11.3 Å². The molecular formula is C23H27N3O4S. The maximum atomic E-state index is 12.9. The molecule has 7 nitrogen and oxygen atoms in total. The second-order valence-electron chi connectivity index (χ2n) is 6.88. The van der Waals surface area contributed by atoms with Crippen LogP contribution in [0.15, 0.2) is 53.1 Å². The summed E-state index contributed by atoms with van der Waals surface area (Å²) in [6.07, 6.45) is 1.44. The molecule has 0 aliphatic rings. The van der Waals surface area contributed by atoms with Crippen LogP contribution in [-0.2, 0) is 0 Å². The van der Waals surface area contributed by atoms with Gasteiger partial charge in [-0.25, -0.2) is 0 Å². The quantitative estimate of drug-likeness (QED) is 0.469. The van der Waals surface area contributed by atoms with Crippen LogP contribution >= 0.6 is 11.3 Å². The zero-order valence-corrected chi connectivity index (χ0v) is 18.8. The predicted octanol–water partition coefficient (Wildman–Crippen LogP) is 4.87. The predicted molar refractivity (Wildman–Crippen MR) is 123 cm³/mol. The molecule has 31 heavy (non-hydrogen) atoms. The molecule has 0 aliphatic carbocycles. The van der Waals surface area contributed by atoms with Crippen molar-refractivity contribution in [2.45, 2.75) is 20.8 Å². The number of carbonyl (C=O) groups excluding carboxylic acids is 2. The van der Waals surface area contributed by atoms with Crippen molar-refractivity contribution in [3.05, 3.63) is 64.9 Å². The van der Waals surface area contributed by atoms with Crippen molar-refractivity contribution in [1.29, 1.82) is 0 Å². The number of benzene rings is 1. The fourth-order valence-corrected chi connectivity index (χ4v) is 4.01. The van der Waals surface area contributed by atoms with Gasteiger partial charge in [-0.05, 0) is 55.9 Å². The lowest BCUT2D eigenvalue weighted by molar-refractivity contribution is 0.0995. The zero-order valence-electron chi connectivity index (χ0n) is 17.9. The first-order chi connectivity index (χ1) is 15.0. The smallest absolute Gasteiger partial charge is 0.291 e. The highest BCUT2D eigenvalue weighted by atomic mass is 32.1. The molecule has 8 heteroatoms. The summed E-state index contributed by atoms with van der Waals surface area (Å²) >= 11 is 1.21. The van der Waals surface area contributed by atoms with Crippen molar-refractivity contribution in [2.75, 3.05) is 36.9 Å². The molecule has 0 fully saturated rings. The third kappa shape index (κ3) is 5.96. The number of likely N-dealkylation sites (N-methyl/N-ethyl adjacent to an activating group) is 1. The van der Waals surface area contributed by atoms with Gasteiger partial charge in [0.25, 0.3) is 11.8 Å². The first kappa shape index (κ1) is 22.6. The van der Waals surface area contributed by atoms with Crippen molar-refractivity contribution < 1.29 is 18.7 Å². The first-order valence-electron chi connectivity index (χ1n) is 10.2. The largest absolute Gasteiger partial charge is 0.490 e. The van der Waals surface area contributed by atoms with E-state index in [0.29, 0.717) is 27.9 Å². The Labute approximate surface area is 186 Å². The van der Waals surface area contributed by atoms with Gasteiger partial charge in [0.05, 0.1) is 21.8 Å². The van der Waals surface area contributed by atoms with Crippen LogP contribution in [0.4, 0.5) is 10.7 Å². The average molecular weight is 442 g/mol. The van der Waals surface area contributed by atoms with Crippen LogP contribution in [0.25, 0.3) is 0 Å². The fourth-order valence-electron chi connectivity index (χ4n) is 3.05. The lowest BCUT2D eigenvalue weighted by Crippen LogP contribution is -2.28. The number of thiophene rings is 1. The molecule has 3 rings (SSSR count). The molecule has 0 atom stereocenters. The van der Waals surface area contributed by atoms with Crippen LogP contribution in [0.5, 0.6) is 5.75 Å². The van der Waals surface area contributed by atoms with E-state index in [9.17, 15) is 9.59 Å². The number of amides is 2. The molecule has 1 aromatic carbocycles. The summed E-state index contributed by atoms with van der Waals surface area (Å²) in [5, 5.41) is 6.27. The third-order valence-electron chi connectivity index (χ3n) is 4.80. The van der Waals surface area contributed by atoms with Gasteiger partial charge in [-0.2, -0.15) is 0 Å². The van der Waals surface area contributed by atoms with E-state index in [1.807, 2.05) is 31.2 Å². The second kappa shape index (κ2) is 10.8. The van der Waals surface area contributed by atoms with E-state index >= 15 is 0 Å². The summed E-state index contributed by atoms with van der Waals surface area (Å²) in [6.45, 7) is 9.36. The highest BCUT2D eigenvalue weighted by Gasteiger charge is 2.18. The van der Waals surface area contributed by atoms with Crippen molar-refractivity contribution >= 4 is 33.8 Å². The number of nitrogens with one attached hydrogen (secondary N) is 2. The van der Waals surface area contributed by atoms with E-state index in [2.05, 4.69) is 29.4 Å². The topological polar surface area (TPSA) is 83.8 Å². The van der Waals surface area contributed by atoms with Gasteiger partial charge in [-0.3, -0.25) is 9.59 Å². The average Bonchev–Trinajstić information content (AvgIpc) is 3.42. The molecule has 2 amide bonds. The molecule has 0 bridgehead atoms. The summed E-state index contributed by atoms with van der Waals surface area (Å²) in [7, 11) is 0. The van der Waals surface area contributed by atoms with E-state index in [1.54, 1.807) is 18.2 Å². The Morgan fingerprint density at radius 1 is 1.06 bits per heavy atom. The number of aryl methyl sites for hydroxylation is 1. The summed E-state index contributed by atoms with van der Waals surface area (Å²) in [5.74, 6) is 0.238. The minimum absolute atomic E-state index is 0.216. The molecule has 2 aromatic heterocycles. The first-order valence-corrected chi connectivity index (χ1v) is 11.0. The van der Waals surface area contributed by atoms with E-state index in [1.165, 1.54) is 17.6 Å². The van der Waals surface area contributed by atoms with E-state index in [4.69, 9.17) is 9.15 Å². The van der Waals surface area contributed by atoms with Gasteiger partial charge in [0.1, 0.15) is 12.4 Å². The maximum Gasteiger partial charge on any atom is 0.291 e. The summed E-state index contributed by atoms with van der Waals surface area (Å²) in [6, 6.07) is 12.4. The van der Waals surface area contributed by atoms with Gasteiger partial charge < -0.3 is 24.7 Å². The number of para-hydroxylation sites is 2. The lowest BCUT2D eigenvalue weighted by Gasteiger charge is -2.19. The van der Waals surface area contributed by atoms with Crippen LogP contribution in [-0.4, -0.2) is 43.0 Å². The molecule has 0 radical (unpaired) electrons. The highest BCUT2D eigenvalue weighted by Crippen LogP contribution is 2.30. The minimum atomic E-state index is -0.356. The van der Waals surface area contributed by atoms with Crippen molar-refractivity contribution in [2.24, 2.45) is 0 Å². The molecule has 0 saturated carbocycles. The number of anilines is 2. The molecule has 3 aromatic rings. The van der Waals surface area contributed by atoms with Crippen molar-refractivity contribution in [3.8, 4) is 5.75 Å². The number of ether oxygens (including phenoxy) is 1. The third-order valence-corrected chi connectivity index (χ3v) is 5.95. The number of carbonyl (C=O) groups is 2. The molecular weight excluding hydrogens is 414 g/mol. The summed E-state index contributed by atoms with van der Waals surface area (Å²) < 4.78 is 11.0. The molecule has 0 saturated heterocycles. The molecule has 0 aliphatic heterocycles. The second-order valence-corrected chi connectivity index (χ2v) is 7.93. The van der Waals surface area contributed by atoms with Crippen molar-refractivity contribution in [3.63, 3.8) is 0 Å². The zero-order chi connectivity index (χ0) is 22.2. The van der Waals surface area contributed by atoms with Crippen molar-refractivity contribution in [1.82, 2.24) is 4.90 Å². The summed E-state index contributed by atoms with van der Waals surface area (Å²) in [4.78, 5) is 27.9. The number of hydrogen-bond donors (Lipinski definition) is 2. The Kier molecular flexibility index (Phi) is 7.86. The van der Waals surface area contributed by atoms with E-state index in [0.717, 1.165) is 25.2 Å². The van der Waals surface area contributed by atoms with Gasteiger partial charge >= 0.3 is 0 Å². The van der Waals surface area contributed by atoms with Gasteiger partial charge in [0.2, 0.25) is 0 Å². The molecule has 0 spiro atoms. The van der Waals surface area contributed by atoms with Crippen LogP contribution in [0, 0.1) is 6.92 Å². The molecule has 0 unspecified atom stereocenters. The molecule has 2 N–H and O–H groups in total. The van der Waals surface area contributed by atoms with Gasteiger partial charge in [-0.1, -0.05) is 26.0 Å². The Balaban J connectivity index is 1.65. The summed E-state index contributed by atoms with van der Waals surface area (Å²) in [5.41, 5.74) is 1.39. The van der Waals surface area contributed by atoms with Gasteiger partial charge in [0, 0.05) is 6.54 Å². The number of furan rings is 1. The molecule has 2 heterocycles.